The van der Waals surface area contributed by atoms with Gasteiger partial charge >= 0.3 is 0 Å². The minimum absolute atomic E-state index is 0.0294. The third-order valence-electron chi connectivity index (χ3n) is 5.76. The van der Waals surface area contributed by atoms with Crippen LogP contribution >= 0.6 is 0 Å². The predicted molar refractivity (Wildman–Crippen MR) is 111 cm³/mol. The molecule has 6 nitrogen and oxygen atoms in total. The minimum atomic E-state index is -0.546. The third-order valence-corrected chi connectivity index (χ3v) is 5.76. The molecule has 0 aromatic heterocycles. The van der Waals surface area contributed by atoms with Crippen LogP contribution in [0.1, 0.15) is 24.0 Å². The number of methoxy groups -OCH3 is 2. The van der Waals surface area contributed by atoms with Crippen molar-refractivity contribution in [1.29, 1.82) is 0 Å². The maximum Gasteiger partial charge on any atom is 0.226 e. The topological polar surface area (TPSA) is 81.9 Å². The van der Waals surface area contributed by atoms with Crippen molar-refractivity contribution in [2.24, 2.45) is 17.6 Å². The largest absolute Gasteiger partial charge is 0.497 e. The Morgan fingerprint density at radius 2 is 1.72 bits per heavy atom. The number of primary amides is 1. The van der Waals surface area contributed by atoms with Crippen molar-refractivity contribution < 1.29 is 19.1 Å². The highest BCUT2D eigenvalue weighted by atomic mass is 16.5. The van der Waals surface area contributed by atoms with Crippen LogP contribution in [0, 0.1) is 11.8 Å². The van der Waals surface area contributed by atoms with Gasteiger partial charge in [0.15, 0.2) is 0 Å². The summed E-state index contributed by atoms with van der Waals surface area (Å²) in [5.41, 5.74) is 7.62. The molecule has 0 bridgehead atoms. The molecule has 0 spiro atoms. The van der Waals surface area contributed by atoms with Crippen molar-refractivity contribution >= 4 is 11.8 Å². The summed E-state index contributed by atoms with van der Waals surface area (Å²) in [6.45, 7) is 2.96. The Morgan fingerprint density at radius 3 is 2.31 bits per heavy atom. The number of hydrogen-bond donors (Lipinski definition) is 1. The molecular weight excluding hydrogens is 368 g/mol. The molecule has 29 heavy (non-hydrogen) atoms. The van der Waals surface area contributed by atoms with Crippen LogP contribution in [-0.4, -0.2) is 44.0 Å². The number of rotatable bonds is 8. The molecule has 1 aliphatic heterocycles. The molecule has 2 aromatic carbocycles. The summed E-state index contributed by atoms with van der Waals surface area (Å²) in [6, 6.07) is 15.4. The van der Waals surface area contributed by atoms with Gasteiger partial charge in [-0.25, -0.2) is 0 Å². The van der Waals surface area contributed by atoms with Gasteiger partial charge in [-0.1, -0.05) is 37.3 Å². The van der Waals surface area contributed by atoms with E-state index >= 15 is 0 Å². The highest BCUT2D eigenvalue weighted by Gasteiger charge is 2.39. The number of likely N-dealkylation sites (tertiary alicyclic amines) is 1. The monoisotopic (exact) mass is 396 g/mol. The van der Waals surface area contributed by atoms with Crippen molar-refractivity contribution in [3.8, 4) is 11.5 Å². The molecule has 2 N–H and O–H groups in total. The van der Waals surface area contributed by atoms with Crippen LogP contribution < -0.4 is 15.2 Å². The molecule has 154 valence electrons. The second-order valence-corrected chi connectivity index (χ2v) is 7.53. The van der Waals surface area contributed by atoms with E-state index in [4.69, 9.17) is 15.2 Å². The molecule has 6 heteroatoms. The molecule has 2 atom stereocenters. The number of benzene rings is 2. The van der Waals surface area contributed by atoms with Crippen molar-refractivity contribution in [3.05, 3.63) is 59.7 Å². The lowest BCUT2D eigenvalue weighted by atomic mass is 9.83. The number of amides is 2. The fourth-order valence-corrected chi connectivity index (χ4v) is 3.79. The zero-order valence-corrected chi connectivity index (χ0v) is 17.1. The summed E-state index contributed by atoms with van der Waals surface area (Å²) in [6.07, 6.45) is 0.461. The summed E-state index contributed by atoms with van der Waals surface area (Å²) in [5, 5.41) is 0. The number of carbonyl (C=O) groups is 2. The minimum Gasteiger partial charge on any atom is -0.497 e. The average Bonchev–Trinajstić information content (AvgIpc) is 2.71. The lowest BCUT2D eigenvalue weighted by molar-refractivity contribution is -0.144. The summed E-state index contributed by atoms with van der Waals surface area (Å²) in [5.74, 6) is 0.304. The molecular formula is C23H28N2O4. The van der Waals surface area contributed by atoms with E-state index in [-0.39, 0.29) is 11.8 Å². The molecule has 1 heterocycles. The van der Waals surface area contributed by atoms with Gasteiger partial charge in [-0.05, 0) is 30.2 Å². The second kappa shape index (κ2) is 8.99. The van der Waals surface area contributed by atoms with Crippen LogP contribution in [0.2, 0.25) is 0 Å². The highest BCUT2D eigenvalue weighted by Crippen LogP contribution is 2.35. The number of nitrogens with zero attached hydrogens (tertiary/aromatic N) is 1. The van der Waals surface area contributed by atoms with Crippen molar-refractivity contribution in [1.82, 2.24) is 4.90 Å². The molecule has 1 unspecified atom stereocenters. The number of ether oxygens (including phenoxy) is 2. The van der Waals surface area contributed by atoms with Crippen LogP contribution in [-0.2, 0) is 16.0 Å². The SMILES string of the molecule is COc1ccc(C[C@@H](C(=O)N2CC(c3ccccc3OC)C2)C(C)C(N)=O)cc1. The first-order valence-corrected chi connectivity index (χ1v) is 9.78. The predicted octanol–water partition coefficient (Wildman–Crippen LogP) is 2.61. The van der Waals surface area contributed by atoms with Gasteiger partial charge in [0, 0.05) is 30.5 Å². The Morgan fingerprint density at radius 1 is 1.07 bits per heavy atom. The molecule has 1 aliphatic rings. The van der Waals surface area contributed by atoms with E-state index in [9.17, 15) is 9.59 Å². The summed E-state index contributed by atoms with van der Waals surface area (Å²) < 4.78 is 10.6. The van der Waals surface area contributed by atoms with E-state index in [2.05, 4.69) is 0 Å². The van der Waals surface area contributed by atoms with E-state index in [1.54, 1.807) is 21.1 Å². The van der Waals surface area contributed by atoms with Crippen LogP contribution in [0.3, 0.4) is 0 Å². The Balaban J connectivity index is 1.71. The van der Waals surface area contributed by atoms with E-state index in [0.29, 0.717) is 19.5 Å². The zero-order chi connectivity index (χ0) is 21.0. The van der Waals surface area contributed by atoms with Gasteiger partial charge in [0.25, 0.3) is 0 Å². The fourth-order valence-electron chi connectivity index (χ4n) is 3.79. The lowest BCUT2D eigenvalue weighted by Gasteiger charge is -2.42. The van der Waals surface area contributed by atoms with Crippen molar-refractivity contribution in [2.45, 2.75) is 19.3 Å². The Bertz CT molecular complexity index is 859. The van der Waals surface area contributed by atoms with Crippen molar-refractivity contribution in [3.63, 3.8) is 0 Å². The molecule has 0 saturated carbocycles. The lowest BCUT2D eigenvalue weighted by Crippen LogP contribution is -2.53. The van der Waals surface area contributed by atoms with Crippen molar-refractivity contribution in [2.75, 3.05) is 27.3 Å². The molecule has 0 radical (unpaired) electrons. The summed E-state index contributed by atoms with van der Waals surface area (Å²) in [4.78, 5) is 26.9. The van der Waals surface area contributed by atoms with Gasteiger partial charge in [-0.2, -0.15) is 0 Å². The van der Waals surface area contributed by atoms with Gasteiger partial charge < -0.3 is 20.1 Å². The second-order valence-electron chi connectivity index (χ2n) is 7.53. The van der Waals surface area contributed by atoms with Crippen LogP contribution in [0.5, 0.6) is 11.5 Å². The highest BCUT2D eigenvalue weighted by molar-refractivity contribution is 5.87. The van der Waals surface area contributed by atoms with E-state index < -0.39 is 17.7 Å². The van der Waals surface area contributed by atoms with Gasteiger partial charge in [0.05, 0.1) is 20.1 Å². The maximum absolute atomic E-state index is 13.2. The molecule has 2 aromatic rings. The van der Waals surface area contributed by atoms with Gasteiger partial charge in [-0.3, -0.25) is 9.59 Å². The number of para-hydroxylation sites is 1. The molecule has 3 rings (SSSR count). The standard InChI is InChI=1S/C23H28N2O4/c1-15(22(24)26)20(12-16-8-10-18(28-2)11-9-16)23(27)25-13-17(14-25)19-6-4-5-7-21(19)29-3/h4-11,15,17,20H,12-14H2,1-3H3,(H2,24,26)/t15?,20-/m1/s1. The molecule has 1 fully saturated rings. The zero-order valence-electron chi connectivity index (χ0n) is 17.1. The van der Waals surface area contributed by atoms with E-state index in [1.807, 2.05) is 53.4 Å². The summed E-state index contributed by atoms with van der Waals surface area (Å²) in [7, 11) is 3.26. The normalized spacial score (nSPS) is 15.9. The quantitative estimate of drug-likeness (QED) is 0.744. The van der Waals surface area contributed by atoms with Crippen LogP contribution in [0.25, 0.3) is 0 Å². The van der Waals surface area contributed by atoms with E-state index in [1.165, 1.54) is 0 Å². The Hall–Kier alpha value is -3.02. The third kappa shape index (κ3) is 4.53. The first kappa shape index (κ1) is 20.7. The Labute approximate surface area is 171 Å². The van der Waals surface area contributed by atoms with Crippen LogP contribution in [0.4, 0.5) is 0 Å². The first-order chi connectivity index (χ1) is 13.9. The van der Waals surface area contributed by atoms with Gasteiger partial charge in [0.1, 0.15) is 11.5 Å². The average molecular weight is 396 g/mol. The van der Waals surface area contributed by atoms with E-state index in [0.717, 1.165) is 22.6 Å². The number of nitrogens with two attached hydrogens (primary N) is 1. The van der Waals surface area contributed by atoms with Crippen LogP contribution in [0.15, 0.2) is 48.5 Å². The number of carbonyl (C=O) groups excluding carboxylic acids is 2. The van der Waals surface area contributed by atoms with Gasteiger partial charge in [0.2, 0.25) is 11.8 Å². The molecule has 0 aliphatic carbocycles. The molecule has 1 saturated heterocycles. The summed E-state index contributed by atoms with van der Waals surface area (Å²) >= 11 is 0. The number of hydrogen-bond acceptors (Lipinski definition) is 4. The Kier molecular flexibility index (Phi) is 6.42. The fraction of sp³-hybridized carbons (Fsp3) is 0.391. The molecule has 2 amide bonds. The van der Waals surface area contributed by atoms with Gasteiger partial charge in [-0.15, -0.1) is 0 Å². The smallest absolute Gasteiger partial charge is 0.226 e. The first-order valence-electron chi connectivity index (χ1n) is 9.78. The maximum atomic E-state index is 13.2.